The number of nitrogens with one attached hydrogen (secondary N) is 1. The summed E-state index contributed by atoms with van der Waals surface area (Å²) in [7, 11) is -0.577. The van der Waals surface area contributed by atoms with Crippen LogP contribution in [0.2, 0.25) is 0 Å². The lowest BCUT2D eigenvalue weighted by Gasteiger charge is -2.12. The number of benzene rings is 2. The maximum absolute atomic E-state index is 12.3. The standard InChI is InChI=1S/C19H24N2O4S/c1-4-5-14-25-17-10-8-16(9-11-17)20-19(22)15-6-12-18(13-7-15)26(23,24)21(2)3/h6-13H,4-5,14H2,1-3H3,(H,20,22). The fourth-order valence-electron chi connectivity index (χ4n) is 2.16. The Hall–Kier alpha value is -2.38. The Morgan fingerprint density at radius 2 is 1.65 bits per heavy atom. The normalized spacial score (nSPS) is 11.4. The summed E-state index contributed by atoms with van der Waals surface area (Å²) in [5, 5.41) is 2.78. The maximum Gasteiger partial charge on any atom is 0.255 e. The van der Waals surface area contributed by atoms with E-state index < -0.39 is 10.0 Å². The molecule has 7 heteroatoms. The fourth-order valence-corrected chi connectivity index (χ4v) is 3.06. The Morgan fingerprint density at radius 3 is 2.19 bits per heavy atom. The number of nitrogens with zero attached hydrogens (tertiary/aromatic N) is 1. The molecule has 0 spiro atoms. The molecule has 0 saturated carbocycles. The van der Waals surface area contributed by atoms with Crippen LogP contribution in [0.15, 0.2) is 53.4 Å². The van der Waals surface area contributed by atoms with Crippen molar-refractivity contribution in [3.8, 4) is 5.75 Å². The van der Waals surface area contributed by atoms with Gasteiger partial charge in [-0.15, -0.1) is 0 Å². The van der Waals surface area contributed by atoms with Crippen molar-refractivity contribution in [3.63, 3.8) is 0 Å². The minimum atomic E-state index is -3.51. The van der Waals surface area contributed by atoms with Gasteiger partial charge in [0.25, 0.3) is 5.91 Å². The highest BCUT2D eigenvalue weighted by Gasteiger charge is 2.17. The van der Waals surface area contributed by atoms with Gasteiger partial charge in [0.05, 0.1) is 11.5 Å². The highest BCUT2D eigenvalue weighted by atomic mass is 32.2. The third-order valence-electron chi connectivity index (χ3n) is 3.77. The maximum atomic E-state index is 12.3. The Morgan fingerprint density at radius 1 is 1.04 bits per heavy atom. The van der Waals surface area contributed by atoms with Crippen molar-refractivity contribution in [2.75, 3.05) is 26.0 Å². The van der Waals surface area contributed by atoms with Crippen molar-refractivity contribution in [2.45, 2.75) is 24.7 Å². The number of sulfonamides is 1. The molecular formula is C19H24N2O4S. The van der Waals surface area contributed by atoms with Crippen molar-refractivity contribution >= 4 is 21.6 Å². The zero-order chi connectivity index (χ0) is 19.2. The van der Waals surface area contributed by atoms with Crippen molar-refractivity contribution in [1.82, 2.24) is 4.31 Å². The van der Waals surface area contributed by atoms with Gasteiger partial charge < -0.3 is 10.1 Å². The topological polar surface area (TPSA) is 75.7 Å². The van der Waals surface area contributed by atoms with E-state index in [2.05, 4.69) is 12.2 Å². The first kappa shape index (κ1) is 19.9. The number of carbonyl (C=O) groups excluding carboxylic acids is 1. The van der Waals surface area contributed by atoms with E-state index in [4.69, 9.17) is 4.74 Å². The zero-order valence-electron chi connectivity index (χ0n) is 15.2. The first-order chi connectivity index (χ1) is 12.3. The molecule has 6 nitrogen and oxygen atoms in total. The highest BCUT2D eigenvalue weighted by molar-refractivity contribution is 7.89. The molecule has 0 bridgehead atoms. The Balaban J connectivity index is 2.01. The summed E-state index contributed by atoms with van der Waals surface area (Å²) < 4.78 is 30.8. The molecule has 26 heavy (non-hydrogen) atoms. The first-order valence-electron chi connectivity index (χ1n) is 8.41. The van der Waals surface area contributed by atoms with Crippen LogP contribution in [0, 0.1) is 0 Å². The van der Waals surface area contributed by atoms with Crippen molar-refractivity contribution in [1.29, 1.82) is 0 Å². The minimum Gasteiger partial charge on any atom is -0.494 e. The summed E-state index contributed by atoms with van der Waals surface area (Å²) in [4.78, 5) is 12.4. The van der Waals surface area contributed by atoms with E-state index in [1.54, 1.807) is 24.3 Å². The lowest BCUT2D eigenvalue weighted by atomic mass is 10.2. The average Bonchev–Trinajstić information content (AvgIpc) is 2.63. The van der Waals surface area contributed by atoms with Crippen LogP contribution < -0.4 is 10.1 Å². The molecule has 0 fully saturated rings. The summed E-state index contributed by atoms with van der Waals surface area (Å²) >= 11 is 0. The molecule has 0 aliphatic heterocycles. The number of carbonyl (C=O) groups is 1. The number of ether oxygens (including phenoxy) is 1. The molecule has 0 aliphatic rings. The number of hydrogen-bond donors (Lipinski definition) is 1. The summed E-state index contributed by atoms with van der Waals surface area (Å²) in [5.41, 5.74) is 1.02. The molecule has 0 saturated heterocycles. The van der Waals surface area contributed by atoms with Gasteiger partial charge in [0.15, 0.2) is 0 Å². The Labute approximate surface area is 154 Å². The van der Waals surface area contributed by atoms with Crippen LogP contribution in [-0.2, 0) is 10.0 Å². The summed E-state index contributed by atoms with van der Waals surface area (Å²) in [6.45, 7) is 2.77. The van der Waals surface area contributed by atoms with Crippen LogP contribution in [0.5, 0.6) is 5.75 Å². The minimum absolute atomic E-state index is 0.146. The second-order valence-electron chi connectivity index (χ2n) is 5.99. The third kappa shape index (κ3) is 5.06. The molecule has 2 aromatic rings. The number of hydrogen-bond acceptors (Lipinski definition) is 4. The molecule has 1 N–H and O–H groups in total. The molecule has 0 aromatic heterocycles. The molecule has 140 valence electrons. The van der Waals surface area contributed by atoms with Crippen LogP contribution in [0.1, 0.15) is 30.1 Å². The molecule has 0 radical (unpaired) electrons. The van der Waals surface area contributed by atoms with E-state index in [-0.39, 0.29) is 10.8 Å². The zero-order valence-corrected chi connectivity index (χ0v) is 16.0. The molecule has 0 unspecified atom stereocenters. The van der Waals surface area contributed by atoms with Crippen molar-refractivity contribution in [3.05, 3.63) is 54.1 Å². The number of unbranched alkanes of at least 4 members (excludes halogenated alkanes) is 1. The molecule has 0 heterocycles. The third-order valence-corrected chi connectivity index (χ3v) is 5.60. The molecule has 0 aliphatic carbocycles. The second-order valence-corrected chi connectivity index (χ2v) is 8.14. The summed E-state index contributed by atoms with van der Waals surface area (Å²) in [5.74, 6) is 0.452. The fraction of sp³-hybridized carbons (Fsp3) is 0.316. The lowest BCUT2D eigenvalue weighted by molar-refractivity contribution is 0.102. The van der Waals surface area contributed by atoms with Gasteiger partial charge >= 0.3 is 0 Å². The van der Waals surface area contributed by atoms with Gasteiger partial charge in [0.1, 0.15) is 5.75 Å². The van der Waals surface area contributed by atoms with Crippen molar-refractivity contribution < 1.29 is 17.9 Å². The van der Waals surface area contributed by atoms with Crippen LogP contribution in [0.25, 0.3) is 0 Å². The predicted molar refractivity (Wildman–Crippen MR) is 102 cm³/mol. The molecular weight excluding hydrogens is 352 g/mol. The average molecular weight is 376 g/mol. The van der Waals surface area contributed by atoms with E-state index in [0.717, 1.165) is 22.9 Å². The molecule has 0 atom stereocenters. The van der Waals surface area contributed by atoms with E-state index >= 15 is 0 Å². The van der Waals surface area contributed by atoms with Crippen LogP contribution in [-0.4, -0.2) is 39.3 Å². The highest BCUT2D eigenvalue weighted by Crippen LogP contribution is 2.18. The van der Waals surface area contributed by atoms with Crippen LogP contribution >= 0.6 is 0 Å². The lowest BCUT2D eigenvalue weighted by Crippen LogP contribution is -2.22. The van der Waals surface area contributed by atoms with E-state index in [0.29, 0.717) is 17.9 Å². The van der Waals surface area contributed by atoms with E-state index in [9.17, 15) is 13.2 Å². The van der Waals surface area contributed by atoms with Gasteiger partial charge in [-0.2, -0.15) is 0 Å². The summed E-state index contributed by atoms with van der Waals surface area (Å²) in [6.07, 6.45) is 2.07. The molecule has 1 amide bonds. The quantitative estimate of drug-likeness (QED) is 0.717. The molecule has 2 aromatic carbocycles. The van der Waals surface area contributed by atoms with E-state index in [1.165, 1.54) is 38.4 Å². The van der Waals surface area contributed by atoms with Gasteiger partial charge in [-0.3, -0.25) is 4.79 Å². The number of anilines is 1. The Bertz CT molecular complexity index is 829. The number of rotatable bonds is 8. The SMILES string of the molecule is CCCCOc1ccc(NC(=O)c2ccc(S(=O)(=O)N(C)C)cc2)cc1. The Kier molecular flexibility index (Phi) is 6.76. The molecule has 2 rings (SSSR count). The monoisotopic (exact) mass is 376 g/mol. The largest absolute Gasteiger partial charge is 0.494 e. The van der Waals surface area contributed by atoms with Gasteiger partial charge in [0.2, 0.25) is 10.0 Å². The van der Waals surface area contributed by atoms with Crippen LogP contribution in [0.4, 0.5) is 5.69 Å². The van der Waals surface area contributed by atoms with Gasteiger partial charge in [-0.25, -0.2) is 12.7 Å². The first-order valence-corrected chi connectivity index (χ1v) is 9.85. The van der Waals surface area contributed by atoms with Gasteiger partial charge in [-0.1, -0.05) is 13.3 Å². The van der Waals surface area contributed by atoms with Crippen LogP contribution in [0.3, 0.4) is 0 Å². The summed E-state index contributed by atoms with van der Waals surface area (Å²) in [6, 6.07) is 13.0. The second kappa shape index (κ2) is 8.82. The smallest absolute Gasteiger partial charge is 0.255 e. The van der Waals surface area contributed by atoms with E-state index in [1.807, 2.05) is 0 Å². The van der Waals surface area contributed by atoms with Gasteiger partial charge in [-0.05, 0) is 55.0 Å². The van der Waals surface area contributed by atoms with Crippen molar-refractivity contribution in [2.24, 2.45) is 0 Å². The predicted octanol–water partition coefficient (Wildman–Crippen LogP) is 3.37. The van der Waals surface area contributed by atoms with Gasteiger partial charge in [0, 0.05) is 25.3 Å². The number of amides is 1.